The Hall–Kier alpha value is -3.36. The van der Waals surface area contributed by atoms with Crippen LogP contribution < -0.4 is 15.6 Å². The first-order valence-electron chi connectivity index (χ1n) is 9.39. The quantitative estimate of drug-likeness (QED) is 0.598. The number of hydrogen-bond acceptors (Lipinski definition) is 4. The van der Waals surface area contributed by atoms with E-state index in [0.717, 1.165) is 12.1 Å². The SMILES string of the molecule is CCCOc1ccc(C(F)(F)F)cc1NC(=O)CCc1nc2ccccc2c(=O)[nH]1. The molecule has 0 saturated heterocycles. The van der Waals surface area contributed by atoms with Crippen molar-refractivity contribution in [3.05, 3.63) is 64.2 Å². The van der Waals surface area contributed by atoms with E-state index in [2.05, 4.69) is 15.3 Å². The van der Waals surface area contributed by atoms with E-state index < -0.39 is 17.6 Å². The summed E-state index contributed by atoms with van der Waals surface area (Å²) in [5.74, 6) is -0.0396. The van der Waals surface area contributed by atoms with E-state index in [-0.39, 0.29) is 29.8 Å². The number of carbonyl (C=O) groups is 1. The number of rotatable bonds is 7. The number of fused-ring (bicyclic) bond motifs is 1. The minimum atomic E-state index is -4.54. The molecule has 2 N–H and O–H groups in total. The molecule has 158 valence electrons. The molecule has 2 aromatic carbocycles. The van der Waals surface area contributed by atoms with Gasteiger partial charge in [0.05, 0.1) is 28.8 Å². The summed E-state index contributed by atoms with van der Waals surface area (Å²) in [6.07, 6.45) is -3.84. The number of para-hydroxylation sites is 1. The highest BCUT2D eigenvalue weighted by Crippen LogP contribution is 2.35. The Morgan fingerprint density at radius 1 is 1.20 bits per heavy atom. The minimum Gasteiger partial charge on any atom is -0.491 e. The normalized spacial score (nSPS) is 11.5. The van der Waals surface area contributed by atoms with Crippen molar-refractivity contribution in [1.82, 2.24) is 9.97 Å². The number of aryl methyl sites for hydroxylation is 1. The van der Waals surface area contributed by atoms with Gasteiger partial charge in [-0.1, -0.05) is 19.1 Å². The smallest absolute Gasteiger partial charge is 0.416 e. The second-order valence-electron chi connectivity index (χ2n) is 6.64. The summed E-state index contributed by atoms with van der Waals surface area (Å²) in [4.78, 5) is 31.4. The van der Waals surface area contributed by atoms with Crippen molar-refractivity contribution in [3.63, 3.8) is 0 Å². The molecule has 0 saturated carbocycles. The molecule has 9 heteroatoms. The molecule has 0 fully saturated rings. The number of nitrogens with one attached hydrogen (secondary N) is 2. The molecule has 1 heterocycles. The van der Waals surface area contributed by atoms with Crippen LogP contribution in [-0.2, 0) is 17.4 Å². The van der Waals surface area contributed by atoms with Crippen molar-refractivity contribution in [2.45, 2.75) is 32.4 Å². The number of aromatic amines is 1. The molecule has 1 aromatic heterocycles. The first kappa shape index (κ1) is 21.4. The zero-order valence-electron chi connectivity index (χ0n) is 16.2. The van der Waals surface area contributed by atoms with Crippen LogP contribution in [0.1, 0.15) is 31.2 Å². The Kier molecular flexibility index (Phi) is 6.39. The number of ether oxygens (including phenoxy) is 1. The first-order valence-corrected chi connectivity index (χ1v) is 9.39. The third-order valence-electron chi connectivity index (χ3n) is 4.29. The highest BCUT2D eigenvalue weighted by atomic mass is 19.4. The van der Waals surface area contributed by atoms with Gasteiger partial charge in [0.1, 0.15) is 11.6 Å². The highest BCUT2D eigenvalue weighted by Gasteiger charge is 2.31. The Morgan fingerprint density at radius 3 is 2.70 bits per heavy atom. The summed E-state index contributed by atoms with van der Waals surface area (Å²) in [5, 5.41) is 2.91. The summed E-state index contributed by atoms with van der Waals surface area (Å²) in [7, 11) is 0. The molecule has 6 nitrogen and oxygen atoms in total. The number of anilines is 1. The average Bonchev–Trinajstić information content (AvgIpc) is 2.70. The molecule has 0 spiro atoms. The second kappa shape index (κ2) is 8.98. The number of benzene rings is 2. The van der Waals surface area contributed by atoms with Crippen LogP contribution in [0.5, 0.6) is 5.75 Å². The number of amides is 1. The number of hydrogen-bond donors (Lipinski definition) is 2. The van der Waals surface area contributed by atoms with Gasteiger partial charge in [0.15, 0.2) is 0 Å². The summed E-state index contributed by atoms with van der Waals surface area (Å²) in [6.45, 7) is 2.16. The van der Waals surface area contributed by atoms with Gasteiger partial charge >= 0.3 is 6.18 Å². The van der Waals surface area contributed by atoms with Crippen LogP contribution in [0.2, 0.25) is 0 Å². The second-order valence-corrected chi connectivity index (χ2v) is 6.64. The lowest BCUT2D eigenvalue weighted by molar-refractivity contribution is -0.137. The number of nitrogens with zero attached hydrogens (tertiary/aromatic N) is 1. The zero-order chi connectivity index (χ0) is 21.7. The van der Waals surface area contributed by atoms with Crippen LogP contribution >= 0.6 is 0 Å². The fraction of sp³-hybridized carbons (Fsp3) is 0.286. The average molecular weight is 419 g/mol. The number of alkyl halides is 3. The Labute approximate surface area is 170 Å². The standard InChI is InChI=1S/C21H20F3N3O3/c1-2-11-30-17-8-7-13(21(22,23)24)12-16(17)26-19(28)10-9-18-25-15-6-4-3-5-14(15)20(29)27-18/h3-8,12H,2,9-11H2,1H3,(H,26,28)(H,25,27,29). The summed E-state index contributed by atoms with van der Waals surface area (Å²) < 4.78 is 44.5. The van der Waals surface area contributed by atoms with Gasteiger partial charge in [-0.15, -0.1) is 0 Å². The molecule has 0 atom stereocenters. The number of carbonyl (C=O) groups excluding carboxylic acids is 1. The number of aromatic nitrogens is 2. The van der Waals surface area contributed by atoms with Crippen molar-refractivity contribution < 1.29 is 22.7 Å². The highest BCUT2D eigenvalue weighted by molar-refractivity contribution is 5.92. The fourth-order valence-corrected chi connectivity index (χ4v) is 2.84. The molecule has 30 heavy (non-hydrogen) atoms. The van der Waals surface area contributed by atoms with Crippen molar-refractivity contribution in [2.75, 3.05) is 11.9 Å². The van der Waals surface area contributed by atoms with Gasteiger partial charge < -0.3 is 15.0 Å². The topological polar surface area (TPSA) is 84.1 Å². The molecule has 3 rings (SSSR count). The first-order chi connectivity index (χ1) is 14.3. The zero-order valence-corrected chi connectivity index (χ0v) is 16.2. The maximum absolute atomic E-state index is 13.0. The summed E-state index contributed by atoms with van der Waals surface area (Å²) in [6, 6.07) is 9.74. The van der Waals surface area contributed by atoms with Crippen LogP contribution in [0.25, 0.3) is 10.9 Å². The van der Waals surface area contributed by atoms with Gasteiger partial charge in [-0.05, 0) is 36.8 Å². The molecule has 3 aromatic rings. The Bertz CT molecular complexity index is 1110. The van der Waals surface area contributed by atoms with Crippen LogP contribution in [0.4, 0.5) is 18.9 Å². The Morgan fingerprint density at radius 2 is 1.97 bits per heavy atom. The maximum atomic E-state index is 13.0. The van der Waals surface area contributed by atoms with Crippen molar-refractivity contribution >= 4 is 22.5 Å². The van der Waals surface area contributed by atoms with Crippen LogP contribution in [0.3, 0.4) is 0 Å². The molecule has 0 unspecified atom stereocenters. The van der Waals surface area contributed by atoms with E-state index in [1.807, 2.05) is 6.92 Å². The molecular weight excluding hydrogens is 399 g/mol. The maximum Gasteiger partial charge on any atom is 0.416 e. The lowest BCUT2D eigenvalue weighted by Gasteiger charge is -2.15. The summed E-state index contributed by atoms with van der Waals surface area (Å²) in [5.41, 5.74) is -0.751. The van der Waals surface area contributed by atoms with E-state index in [1.165, 1.54) is 6.07 Å². The third-order valence-corrected chi connectivity index (χ3v) is 4.29. The van der Waals surface area contributed by atoms with Crippen molar-refractivity contribution in [1.29, 1.82) is 0 Å². The molecule has 0 bridgehead atoms. The van der Waals surface area contributed by atoms with Crippen molar-refractivity contribution in [3.8, 4) is 5.75 Å². The van der Waals surface area contributed by atoms with Gasteiger partial charge in [-0.3, -0.25) is 9.59 Å². The van der Waals surface area contributed by atoms with E-state index in [9.17, 15) is 22.8 Å². The predicted molar refractivity (Wildman–Crippen MR) is 107 cm³/mol. The van der Waals surface area contributed by atoms with Gasteiger partial charge in [-0.2, -0.15) is 13.2 Å². The lowest BCUT2D eigenvalue weighted by Crippen LogP contribution is -2.17. The van der Waals surface area contributed by atoms with Gasteiger partial charge in [0.2, 0.25) is 5.91 Å². The molecule has 1 amide bonds. The molecule has 0 radical (unpaired) electrons. The lowest BCUT2D eigenvalue weighted by atomic mass is 10.1. The number of halogens is 3. The van der Waals surface area contributed by atoms with E-state index in [0.29, 0.717) is 29.8 Å². The van der Waals surface area contributed by atoms with Gasteiger partial charge in [-0.25, -0.2) is 4.98 Å². The van der Waals surface area contributed by atoms with Crippen LogP contribution in [0.15, 0.2) is 47.3 Å². The monoisotopic (exact) mass is 419 g/mol. The van der Waals surface area contributed by atoms with Crippen molar-refractivity contribution in [2.24, 2.45) is 0 Å². The van der Waals surface area contributed by atoms with Crippen LogP contribution in [-0.4, -0.2) is 22.5 Å². The summed E-state index contributed by atoms with van der Waals surface area (Å²) >= 11 is 0. The minimum absolute atomic E-state index is 0.0526. The third kappa shape index (κ3) is 5.16. The number of H-pyrrole nitrogens is 1. The van der Waals surface area contributed by atoms with Gasteiger partial charge in [0, 0.05) is 12.8 Å². The molecule has 0 aliphatic carbocycles. The predicted octanol–water partition coefficient (Wildman–Crippen LogP) is 4.30. The largest absolute Gasteiger partial charge is 0.491 e. The Balaban J connectivity index is 1.74. The molecule has 0 aliphatic rings. The fourth-order valence-electron chi connectivity index (χ4n) is 2.84. The van der Waals surface area contributed by atoms with E-state index in [4.69, 9.17) is 4.74 Å². The van der Waals surface area contributed by atoms with E-state index >= 15 is 0 Å². The van der Waals surface area contributed by atoms with E-state index in [1.54, 1.807) is 24.3 Å². The van der Waals surface area contributed by atoms with Crippen LogP contribution in [0, 0.1) is 0 Å². The van der Waals surface area contributed by atoms with Gasteiger partial charge in [0.25, 0.3) is 5.56 Å². The molecular formula is C21H20F3N3O3. The molecule has 0 aliphatic heterocycles.